The number of hydrogen-bond acceptors (Lipinski definition) is 1. The minimum Gasteiger partial charge on any atom is -0.399 e. The molecule has 0 fully saturated rings. The first kappa shape index (κ1) is 16.3. The third-order valence-corrected chi connectivity index (χ3v) is 12.2. The first-order chi connectivity index (χ1) is 8.67. The van der Waals surface area contributed by atoms with Crippen molar-refractivity contribution in [1.29, 1.82) is 0 Å². The van der Waals surface area contributed by atoms with Gasteiger partial charge >= 0.3 is 0 Å². The van der Waals surface area contributed by atoms with E-state index in [0.717, 1.165) is 5.69 Å². The maximum Gasteiger partial charge on any atom is 0.0969 e. The van der Waals surface area contributed by atoms with Crippen molar-refractivity contribution in [2.24, 2.45) is 0 Å². The van der Waals surface area contributed by atoms with E-state index in [2.05, 4.69) is 67.5 Å². The Hall–Kier alpha value is -0.763. The zero-order valence-corrected chi connectivity index (χ0v) is 15.0. The third-order valence-electron chi connectivity index (χ3n) is 5.12. The number of nitrogen functional groups attached to an aromatic ring is 1. The van der Waals surface area contributed by atoms with Crippen molar-refractivity contribution < 1.29 is 0 Å². The molecule has 1 nitrogen and oxygen atoms in total. The molecule has 1 aromatic carbocycles. The standard InChI is InChI=1S/C17H31NSi/c1-11(2)19(12(3)4,13(5)6)16-10-9-14(7)15(8)17(16)18/h9-13H,18H2,1-8H3/i9+1. The molecule has 19 heavy (non-hydrogen) atoms. The highest BCUT2D eigenvalue weighted by molar-refractivity contribution is 6.95. The summed E-state index contributed by atoms with van der Waals surface area (Å²) >= 11 is 0. The molecule has 0 amide bonds. The van der Waals surface area contributed by atoms with Crippen LogP contribution in [-0.4, -0.2) is 8.07 Å². The molecule has 0 heterocycles. The lowest BCUT2D eigenvalue weighted by Crippen LogP contribution is -2.56. The van der Waals surface area contributed by atoms with Gasteiger partial charge in [-0.1, -0.05) is 53.7 Å². The minimum atomic E-state index is -1.63. The Morgan fingerprint density at radius 3 is 1.63 bits per heavy atom. The molecular weight excluding hydrogens is 247 g/mol. The molecule has 1 aromatic rings. The van der Waals surface area contributed by atoms with E-state index in [4.69, 9.17) is 5.73 Å². The van der Waals surface area contributed by atoms with Crippen LogP contribution in [0, 0.1) is 13.8 Å². The van der Waals surface area contributed by atoms with Crippen LogP contribution in [0.25, 0.3) is 0 Å². The largest absolute Gasteiger partial charge is 0.399 e. The first-order valence-corrected chi connectivity index (χ1v) is 9.76. The normalized spacial score (nSPS) is 12.8. The Morgan fingerprint density at radius 2 is 1.26 bits per heavy atom. The van der Waals surface area contributed by atoms with Gasteiger partial charge in [0.25, 0.3) is 0 Å². The van der Waals surface area contributed by atoms with Gasteiger partial charge in [0.15, 0.2) is 0 Å². The average molecular weight is 279 g/mol. The SMILES string of the molecule is Cc1[13cH]cc([Si](C(C)C)(C(C)C)C(C)C)c(N)c1C. The smallest absolute Gasteiger partial charge is 0.0969 e. The molecule has 0 radical (unpaired) electrons. The zero-order valence-electron chi connectivity index (χ0n) is 14.0. The highest BCUT2D eigenvalue weighted by atomic mass is 28.3. The minimum absolute atomic E-state index is 0.705. The van der Waals surface area contributed by atoms with Gasteiger partial charge in [0.05, 0.1) is 8.07 Å². The van der Waals surface area contributed by atoms with Crippen LogP contribution < -0.4 is 10.9 Å². The number of rotatable bonds is 4. The van der Waals surface area contributed by atoms with Gasteiger partial charge in [-0.25, -0.2) is 0 Å². The molecule has 0 saturated carbocycles. The molecule has 108 valence electrons. The van der Waals surface area contributed by atoms with Crippen LogP contribution in [0.4, 0.5) is 5.69 Å². The number of nitrogens with two attached hydrogens (primary N) is 1. The highest BCUT2D eigenvalue weighted by Crippen LogP contribution is 2.42. The quantitative estimate of drug-likeness (QED) is 0.623. The maximum absolute atomic E-state index is 6.52. The predicted molar refractivity (Wildman–Crippen MR) is 91.0 cm³/mol. The molecule has 0 spiro atoms. The predicted octanol–water partition coefficient (Wildman–Crippen LogP) is 4.77. The second-order valence-corrected chi connectivity index (χ2v) is 12.7. The molecule has 0 bridgehead atoms. The molecular formula is C17H31NSi. The monoisotopic (exact) mass is 278 g/mol. The van der Waals surface area contributed by atoms with Crippen LogP contribution >= 0.6 is 0 Å². The van der Waals surface area contributed by atoms with Crippen molar-refractivity contribution in [2.45, 2.75) is 72.0 Å². The summed E-state index contributed by atoms with van der Waals surface area (Å²) in [5, 5.41) is 1.48. The van der Waals surface area contributed by atoms with E-state index in [1.54, 1.807) is 0 Å². The van der Waals surface area contributed by atoms with Crippen LogP contribution in [0.15, 0.2) is 12.1 Å². The fourth-order valence-electron chi connectivity index (χ4n) is 4.15. The van der Waals surface area contributed by atoms with Crippen LogP contribution in [0.3, 0.4) is 0 Å². The second-order valence-electron chi connectivity index (χ2n) is 6.87. The topological polar surface area (TPSA) is 26.0 Å². The lowest BCUT2D eigenvalue weighted by molar-refractivity contribution is 0.835. The molecule has 0 aromatic heterocycles. The molecule has 1 rings (SSSR count). The summed E-state index contributed by atoms with van der Waals surface area (Å²) in [6.07, 6.45) is 0. The summed E-state index contributed by atoms with van der Waals surface area (Å²) in [7, 11) is -1.63. The highest BCUT2D eigenvalue weighted by Gasteiger charge is 2.45. The molecule has 0 aliphatic rings. The van der Waals surface area contributed by atoms with Crippen LogP contribution in [0.1, 0.15) is 52.7 Å². The summed E-state index contributed by atoms with van der Waals surface area (Å²) < 4.78 is 0. The summed E-state index contributed by atoms with van der Waals surface area (Å²) in [6, 6.07) is 4.58. The van der Waals surface area contributed by atoms with E-state index in [1.807, 2.05) is 0 Å². The molecule has 0 atom stereocenters. The Labute approximate surface area is 120 Å². The van der Waals surface area contributed by atoms with E-state index in [-0.39, 0.29) is 0 Å². The first-order valence-electron chi connectivity index (χ1n) is 7.53. The van der Waals surface area contributed by atoms with Gasteiger partial charge in [-0.3, -0.25) is 0 Å². The van der Waals surface area contributed by atoms with E-state index in [1.165, 1.54) is 16.3 Å². The third kappa shape index (κ3) is 2.47. The lowest BCUT2D eigenvalue weighted by Gasteiger charge is -2.44. The Morgan fingerprint density at radius 1 is 0.842 bits per heavy atom. The van der Waals surface area contributed by atoms with Crippen LogP contribution in [0.5, 0.6) is 0 Å². The summed E-state index contributed by atoms with van der Waals surface area (Å²) in [4.78, 5) is 0. The van der Waals surface area contributed by atoms with Crippen molar-refractivity contribution >= 4 is 18.9 Å². The lowest BCUT2D eigenvalue weighted by atomic mass is 10.2. The fourth-order valence-corrected chi connectivity index (χ4v) is 11.0. The molecule has 2 N–H and O–H groups in total. The van der Waals surface area contributed by atoms with Crippen LogP contribution in [0.2, 0.25) is 16.6 Å². The summed E-state index contributed by atoms with van der Waals surface area (Å²) in [6.45, 7) is 18.7. The summed E-state index contributed by atoms with van der Waals surface area (Å²) in [5.41, 5.74) is 12.3. The zero-order chi connectivity index (χ0) is 15.0. The molecule has 2 heteroatoms. The van der Waals surface area contributed by atoms with Gasteiger partial charge in [-0.05, 0) is 46.8 Å². The molecule has 0 aliphatic heterocycles. The van der Waals surface area contributed by atoms with E-state index in [9.17, 15) is 0 Å². The van der Waals surface area contributed by atoms with Gasteiger partial charge in [0, 0.05) is 5.69 Å². The van der Waals surface area contributed by atoms with Crippen molar-refractivity contribution in [2.75, 3.05) is 5.73 Å². The van der Waals surface area contributed by atoms with Crippen molar-refractivity contribution in [3.05, 3.63) is 23.3 Å². The Balaban J connectivity index is 3.64. The van der Waals surface area contributed by atoms with Crippen LogP contribution in [-0.2, 0) is 0 Å². The number of anilines is 1. The Kier molecular flexibility index (Phi) is 4.89. The fraction of sp³-hybridized carbons (Fsp3) is 0.647. The van der Waals surface area contributed by atoms with Gasteiger partial charge < -0.3 is 5.73 Å². The second kappa shape index (κ2) is 5.70. The Bertz CT molecular complexity index is 425. The van der Waals surface area contributed by atoms with Gasteiger partial charge in [0.1, 0.15) is 0 Å². The summed E-state index contributed by atoms with van der Waals surface area (Å²) in [5.74, 6) is 0. The van der Waals surface area contributed by atoms with Gasteiger partial charge in [-0.2, -0.15) is 0 Å². The number of hydrogen-bond donors (Lipinski definition) is 1. The number of aryl methyl sites for hydroxylation is 1. The molecule has 0 aliphatic carbocycles. The number of benzene rings is 1. The average Bonchev–Trinajstić information content (AvgIpc) is 2.28. The van der Waals surface area contributed by atoms with Gasteiger partial charge in [-0.15, -0.1) is 0 Å². The maximum atomic E-state index is 6.52. The molecule has 0 saturated heterocycles. The van der Waals surface area contributed by atoms with E-state index < -0.39 is 8.07 Å². The van der Waals surface area contributed by atoms with E-state index in [0.29, 0.717) is 16.6 Å². The van der Waals surface area contributed by atoms with Crippen molar-refractivity contribution in [3.8, 4) is 0 Å². The van der Waals surface area contributed by atoms with Crippen molar-refractivity contribution in [3.63, 3.8) is 0 Å². The van der Waals surface area contributed by atoms with E-state index >= 15 is 0 Å². The molecule has 0 unspecified atom stereocenters. The van der Waals surface area contributed by atoms with Gasteiger partial charge in [0.2, 0.25) is 0 Å². The van der Waals surface area contributed by atoms with Crippen molar-refractivity contribution in [1.82, 2.24) is 0 Å².